The van der Waals surface area contributed by atoms with Gasteiger partial charge in [-0.05, 0) is 25.5 Å². The highest BCUT2D eigenvalue weighted by Gasteiger charge is 2.17. The number of sulfonamides is 1. The van der Waals surface area contributed by atoms with E-state index in [1.54, 1.807) is 31.4 Å². The second-order valence-corrected chi connectivity index (χ2v) is 6.14. The minimum Gasteiger partial charge on any atom is -0.385 e. The quantitative estimate of drug-likeness (QED) is 0.471. The van der Waals surface area contributed by atoms with Gasteiger partial charge in [0.05, 0.1) is 4.90 Å². The molecule has 0 N–H and O–H groups in total. The average Bonchev–Trinajstić information content (AvgIpc) is 2.38. The predicted molar refractivity (Wildman–Crippen MR) is 75.0 cm³/mol. The molecule has 1 aromatic rings. The Kier molecular flexibility index (Phi) is 5.87. The maximum atomic E-state index is 12.2. The van der Waals surface area contributed by atoms with Crippen LogP contribution in [-0.2, 0) is 14.8 Å². The van der Waals surface area contributed by atoms with E-state index in [2.05, 4.69) is 12.0 Å². The SMILES string of the molecule is COCCCC#CN(C)S(=O)(=O)c1ccc(C)cc1. The van der Waals surface area contributed by atoms with Gasteiger partial charge in [0.15, 0.2) is 0 Å². The van der Waals surface area contributed by atoms with Crippen molar-refractivity contribution < 1.29 is 13.2 Å². The average molecular weight is 281 g/mol. The minimum atomic E-state index is -3.52. The maximum absolute atomic E-state index is 12.2. The van der Waals surface area contributed by atoms with Crippen molar-refractivity contribution in [3.05, 3.63) is 29.8 Å². The van der Waals surface area contributed by atoms with E-state index in [0.29, 0.717) is 13.0 Å². The second-order valence-electron chi connectivity index (χ2n) is 4.17. The Bertz CT molecular complexity index is 553. The smallest absolute Gasteiger partial charge is 0.270 e. The van der Waals surface area contributed by atoms with E-state index >= 15 is 0 Å². The van der Waals surface area contributed by atoms with Crippen LogP contribution in [0.25, 0.3) is 0 Å². The number of hydrogen-bond donors (Lipinski definition) is 0. The molecule has 0 amide bonds. The molecule has 0 aliphatic rings. The standard InChI is InChI=1S/C14H19NO3S/c1-13-7-9-14(10-8-13)19(16,17)15(2)11-5-4-6-12-18-3/h7-10H,4,6,12H2,1-3H3. The molecule has 0 atom stereocenters. The molecular weight excluding hydrogens is 262 g/mol. The van der Waals surface area contributed by atoms with Gasteiger partial charge in [0.1, 0.15) is 0 Å². The first-order chi connectivity index (χ1) is 8.98. The van der Waals surface area contributed by atoms with Crippen molar-refractivity contribution in [2.45, 2.75) is 24.7 Å². The molecular formula is C14H19NO3S. The van der Waals surface area contributed by atoms with Gasteiger partial charge in [0, 0.05) is 33.2 Å². The normalized spacial score (nSPS) is 10.7. The van der Waals surface area contributed by atoms with Gasteiger partial charge >= 0.3 is 0 Å². The van der Waals surface area contributed by atoms with Gasteiger partial charge in [-0.25, -0.2) is 12.7 Å². The van der Waals surface area contributed by atoms with Crippen LogP contribution < -0.4 is 0 Å². The van der Waals surface area contributed by atoms with E-state index in [0.717, 1.165) is 16.3 Å². The molecule has 5 heteroatoms. The van der Waals surface area contributed by atoms with E-state index in [-0.39, 0.29) is 4.90 Å². The van der Waals surface area contributed by atoms with Gasteiger partial charge in [-0.1, -0.05) is 23.6 Å². The number of methoxy groups -OCH3 is 1. The number of rotatable bonds is 5. The Morgan fingerprint density at radius 1 is 1.26 bits per heavy atom. The summed E-state index contributed by atoms with van der Waals surface area (Å²) in [6, 6.07) is 9.36. The van der Waals surface area contributed by atoms with Crippen LogP contribution in [0.2, 0.25) is 0 Å². The van der Waals surface area contributed by atoms with Crippen molar-refractivity contribution in [2.24, 2.45) is 0 Å². The summed E-state index contributed by atoms with van der Waals surface area (Å²) in [5, 5.41) is 0. The van der Waals surface area contributed by atoms with Gasteiger partial charge in [0.2, 0.25) is 0 Å². The summed E-state index contributed by atoms with van der Waals surface area (Å²) in [5.41, 5.74) is 1.02. The lowest BCUT2D eigenvalue weighted by molar-refractivity contribution is 0.196. The Morgan fingerprint density at radius 3 is 2.47 bits per heavy atom. The number of nitrogens with zero attached hydrogens (tertiary/aromatic N) is 1. The number of benzene rings is 1. The van der Waals surface area contributed by atoms with Crippen LogP contribution in [-0.4, -0.2) is 33.5 Å². The molecule has 0 bridgehead atoms. The Hall–Kier alpha value is -1.51. The fraction of sp³-hybridized carbons (Fsp3) is 0.429. The Morgan fingerprint density at radius 2 is 1.89 bits per heavy atom. The zero-order valence-electron chi connectivity index (χ0n) is 11.5. The molecule has 19 heavy (non-hydrogen) atoms. The minimum absolute atomic E-state index is 0.256. The summed E-state index contributed by atoms with van der Waals surface area (Å²) in [6.45, 7) is 2.54. The molecule has 1 aromatic carbocycles. The van der Waals surface area contributed by atoms with E-state index in [1.165, 1.54) is 7.05 Å². The predicted octanol–water partition coefficient (Wildman–Crippen LogP) is 2.00. The third kappa shape index (κ3) is 4.58. The third-order valence-electron chi connectivity index (χ3n) is 2.57. The van der Waals surface area contributed by atoms with Crippen molar-refractivity contribution in [1.29, 1.82) is 0 Å². The lowest BCUT2D eigenvalue weighted by Crippen LogP contribution is -2.22. The summed E-state index contributed by atoms with van der Waals surface area (Å²) in [5.74, 6) is 2.82. The van der Waals surface area contributed by atoms with Crippen molar-refractivity contribution in [2.75, 3.05) is 20.8 Å². The van der Waals surface area contributed by atoms with Crippen LogP contribution in [0.4, 0.5) is 0 Å². The van der Waals surface area contributed by atoms with Crippen molar-refractivity contribution >= 4 is 10.0 Å². The zero-order valence-corrected chi connectivity index (χ0v) is 12.3. The lowest BCUT2D eigenvalue weighted by Gasteiger charge is -2.12. The summed E-state index contributed by atoms with van der Waals surface area (Å²) >= 11 is 0. The van der Waals surface area contributed by atoms with E-state index < -0.39 is 10.0 Å². The van der Waals surface area contributed by atoms with Crippen molar-refractivity contribution in [1.82, 2.24) is 4.31 Å². The van der Waals surface area contributed by atoms with E-state index in [9.17, 15) is 8.42 Å². The second kappa shape index (κ2) is 7.17. The third-order valence-corrected chi connectivity index (χ3v) is 4.25. The molecule has 0 aromatic heterocycles. The first-order valence-electron chi connectivity index (χ1n) is 6.01. The van der Waals surface area contributed by atoms with Gasteiger partial charge in [-0.15, -0.1) is 0 Å². The highest BCUT2D eigenvalue weighted by Crippen LogP contribution is 2.14. The van der Waals surface area contributed by atoms with Crippen LogP contribution in [0, 0.1) is 18.9 Å². The topological polar surface area (TPSA) is 46.6 Å². The van der Waals surface area contributed by atoms with E-state index in [1.807, 2.05) is 6.92 Å². The van der Waals surface area contributed by atoms with Crippen LogP contribution in [0.1, 0.15) is 18.4 Å². The Balaban J connectivity index is 2.74. The van der Waals surface area contributed by atoms with Crippen LogP contribution in [0.5, 0.6) is 0 Å². The fourth-order valence-corrected chi connectivity index (χ4v) is 2.38. The van der Waals surface area contributed by atoms with E-state index in [4.69, 9.17) is 4.74 Å². The molecule has 0 saturated carbocycles. The monoisotopic (exact) mass is 281 g/mol. The van der Waals surface area contributed by atoms with Gasteiger partial charge in [-0.3, -0.25) is 0 Å². The molecule has 0 radical (unpaired) electrons. The summed E-state index contributed by atoms with van der Waals surface area (Å²) in [7, 11) is -0.437. The van der Waals surface area contributed by atoms with Crippen LogP contribution in [0.15, 0.2) is 29.2 Å². The molecule has 0 heterocycles. The van der Waals surface area contributed by atoms with Gasteiger partial charge < -0.3 is 4.74 Å². The first kappa shape index (κ1) is 15.5. The van der Waals surface area contributed by atoms with Gasteiger partial charge in [-0.2, -0.15) is 0 Å². The molecule has 0 aliphatic heterocycles. The Labute approximate surface area is 115 Å². The maximum Gasteiger partial charge on any atom is 0.270 e. The number of unbranched alkanes of at least 4 members (excludes halogenated alkanes) is 1. The fourth-order valence-electron chi connectivity index (χ4n) is 1.40. The molecule has 0 fully saturated rings. The molecule has 0 aliphatic carbocycles. The lowest BCUT2D eigenvalue weighted by atomic mass is 10.2. The summed E-state index contributed by atoms with van der Waals surface area (Å²) in [6.07, 6.45) is 1.41. The highest BCUT2D eigenvalue weighted by atomic mass is 32.2. The van der Waals surface area contributed by atoms with Crippen molar-refractivity contribution in [3.63, 3.8) is 0 Å². The number of aryl methyl sites for hydroxylation is 1. The van der Waals surface area contributed by atoms with Crippen LogP contribution >= 0.6 is 0 Å². The zero-order chi connectivity index (χ0) is 14.3. The molecule has 4 nitrogen and oxygen atoms in total. The molecule has 1 rings (SSSR count). The highest BCUT2D eigenvalue weighted by molar-refractivity contribution is 7.89. The molecule has 104 valence electrons. The summed E-state index contributed by atoms with van der Waals surface area (Å²) < 4.78 is 30.3. The van der Waals surface area contributed by atoms with Crippen molar-refractivity contribution in [3.8, 4) is 12.0 Å². The number of ether oxygens (including phenoxy) is 1. The number of hydrogen-bond acceptors (Lipinski definition) is 3. The van der Waals surface area contributed by atoms with Crippen LogP contribution in [0.3, 0.4) is 0 Å². The molecule has 0 saturated heterocycles. The van der Waals surface area contributed by atoms with Gasteiger partial charge in [0.25, 0.3) is 10.0 Å². The molecule has 0 unspecified atom stereocenters. The first-order valence-corrected chi connectivity index (χ1v) is 7.45. The summed E-state index contributed by atoms with van der Waals surface area (Å²) in [4.78, 5) is 0.256. The molecule has 0 spiro atoms. The largest absolute Gasteiger partial charge is 0.385 e.